The summed E-state index contributed by atoms with van der Waals surface area (Å²) in [5, 5.41) is 2.10. The van der Waals surface area contributed by atoms with Crippen molar-refractivity contribution in [1.29, 1.82) is 0 Å². The predicted octanol–water partition coefficient (Wildman–Crippen LogP) is 4.88. The van der Waals surface area contributed by atoms with Crippen molar-refractivity contribution in [2.24, 2.45) is 0 Å². The summed E-state index contributed by atoms with van der Waals surface area (Å²) in [6, 6.07) is 5.14. The van der Waals surface area contributed by atoms with Crippen LogP contribution in [-0.4, -0.2) is 53.6 Å². The van der Waals surface area contributed by atoms with Crippen molar-refractivity contribution in [3.8, 4) is 11.8 Å². The molecule has 32 heavy (non-hydrogen) atoms. The number of aromatic nitrogens is 2. The van der Waals surface area contributed by atoms with Crippen molar-refractivity contribution in [1.82, 2.24) is 14.9 Å². The molecule has 4 rings (SSSR count). The Bertz CT molecular complexity index is 1200. The van der Waals surface area contributed by atoms with Gasteiger partial charge in [-0.05, 0) is 42.0 Å². The van der Waals surface area contributed by atoms with Crippen LogP contribution in [0.15, 0.2) is 29.8 Å². The van der Waals surface area contributed by atoms with Gasteiger partial charge in [0, 0.05) is 31.7 Å². The zero-order valence-electron chi connectivity index (χ0n) is 17.4. The molecule has 3 heterocycles. The second-order valence-electron chi connectivity index (χ2n) is 7.57. The van der Waals surface area contributed by atoms with E-state index in [4.69, 9.17) is 16.6 Å². The third-order valence-corrected chi connectivity index (χ3v) is 6.86. The topological polar surface area (TPSA) is 49.3 Å². The summed E-state index contributed by atoms with van der Waals surface area (Å²) in [6.45, 7) is 0.153. The zero-order chi connectivity index (χ0) is 22.7. The fraction of sp³-hybridized carbons (Fsp3) is 0.348. The highest BCUT2D eigenvalue weighted by Crippen LogP contribution is 2.26. The number of rotatable bonds is 4. The largest absolute Gasteiger partial charge is 0.355 e. The summed E-state index contributed by atoms with van der Waals surface area (Å²) in [5.41, 5.74) is 2.35. The normalized spacial score (nSPS) is 14.3. The average Bonchev–Trinajstić information content (AvgIpc) is 3.31. The molecule has 0 radical (unpaired) electrons. The van der Waals surface area contributed by atoms with Crippen molar-refractivity contribution in [2.75, 3.05) is 31.7 Å². The first kappa shape index (κ1) is 22.4. The number of benzene rings is 1. The lowest BCUT2D eigenvalue weighted by molar-refractivity contribution is 0.0714. The maximum absolute atomic E-state index is 12.8. The SMILES string of the molecule is CN(C(=O)c1cc(CF)cs1)C1CCN(c2cnc3cc(Cl)c(C#CCF)cc3n2)CC1. The van der Waals surface area contributed by atoms with Crippen LogP contribution in [0.3, 0.4) is 0 Å². The lowest BCUT2D eigenvalue weighted by atomic mass is 10.0. The van der Waals surface area contributed by atoms with Crippen LogP contribution in [0.5, 0.6) is 0 Å². The van der Waals surface area contributed by atoms with Gasteiger partial charge in [0.15, 0.2) is 6.67 Å². The third-order valence-electron chi connectivity index (χ3n) is 5.58. The molecule has 1 aromatic carbocycles. The lowest BCUT2D eigenvalue weighted by Crippen LogP contribution is -2.45. The van der Waals surface area contributed by atoms with E-state index in [-0.39, 0.29) is 11.9 Å². The minimum Gasteiger partial charge on any atom is -0.355 e. The highest BCUT2D eigenvalue weighted by Gasteiger charge is 2.27. The van der Waals surface area contributed by atoms with Crippen molar-refractivity contribution in [3.63, 3.8) is 0 Å². The van der Waals surface area contributed by atoms with Crippen molar-refractivity contribution >= 4 is 45.7 Å². The van der Waals surface area contributed by atoms with E-state index >= 15 is 0 Å². The molecule has 0 N–H and O–H groups in total. The van der Waals surface area contributed by atoms with Crippen LogP contribution in [0.1, 0.15) is 33.6 Å². The summed E-state index contributed by atoms with van der Waals surface area (Å²) >= 11 is 7.48. The Balaban J connectivity index is 1.45. The molecule has 1 amide bonds. The van der Waals surface area contributed by atoms with Crippen LogP contribution < -0.4 is 4.90 Å². The number of hydrogen-bond donors (Lipinski definition) is 0. The molecule has 0 atom stereocenters. The predicted molar refractivity (Wildman–Crippen MR) is 124 cm³/mol. The third kappa shape index (κ3) is 4.69. The Hall–Kier alpha value is -2.76. The van der Waals surface area contributed by atoms with Gasteiger partial charge in [-0.1, -0.05) is 23.4 Å². The Morgan fingerprint density at radius 3 is 2.75 bits per heavy atom. The Labute approximate surface area is 194 Å². The first-order valence-corrected chi connectivity index (χ1v) is 11.4. The summed E-state index contributed by atoms with van der Waals surface area (Å²) in [7, 11) is 1.80. The summed E-state index contributed by atoms with van der Waals surface area (Å²) in [5.74, 6) is 5.75. The molecule has 0 spiro atoms. The van der Waals surface area contributed by atoms with E-state index in [1.807, 2.05) is 0 Å². The number of alkyl halides is 2. The number of nitrogens with zero attached hydrogens (tertiary/aromatic N) is 4. The minimum atomic E-state index is -0.741. The maximum Gasteiger partial charge on any atom is 0.263 e. The highest BCUT2D eigenvalue weighted by molar-refractivity contribution is 7.12. The van der Waals surface area contributed by atoms with Crippen LogP contribution >= 0.6 is 22.9 Å². The van der Waals surface area contributed by atoms with Crippen molar-refractivity contribution in [2.45, 2.75) is 25.6 Å². The number of amides is 1. The minimum absolute atomic E-state index is 0.0718. The molecule has 0 unspecified atom stereocenters. The van der Waals surface area contributed by atoms with Gasteiger partial charge in [-0.3, -0.25) is 9.78 Å². The zero-order valence-corrected chi connectivity index (χ0v) is 19.0. The fourth-order valence-corrected chi connectivity index (χ4v) is 4.86. The van der Waals surface area contributed by atoms with E-state index in [0.717, 1.165) is 31.7 Å². The number of anilines is 1. The maximum atomic E-state index is 12.8. The first-order valence-electron chi connectivity index (χ1n) is 10.2. The van der Waals surface area contributed by atoms with Crippen LogP contribution in [0.4, 0.5) is 14.6 Å². The second kappa shape index (κ2) is 9.80. The molecule has 9 heteroatoms. The van der Waals surface area contributed by atoms with Crippen molar-refractivity contribution < 1.29 is 13.6 Å². The van der Waals surface area contributed by atoms with E-state index in [1.165, 1.54) is 11.3 Å². The van der Waals surface area contributed by atoms with Crippen LogP contribution in [-0.2, 0) is 6.67 Å². The number of thiophene rings is 1. The quantitative estimate of drug-likeness (QED) is 0.506. The second-order valence-corrected chi connectivity index (χ2v) is 8.89. The molecular formula is C23H21ClF2N4OS. The standard InChI is InChI=1S/C23H21ClF2N4OS/c1-29(23(31)21-9-15(12-26)14-32-21)17-4-7-30(8-5-17)22-13-27-19-11-18(24)16(3-2-6-25)10-20(19)28-22/h9-11,13-14,17H,4-8,12H2,1H3. The average molecular weight is 475 g/mol. The Morgan fingerprint density at radius 2 is 2.06 bits per heavy atom. The molecule has 2 aromatic heterocycles. The molecule has 166 valence electrons. The molecule has 5 nitrogen and oxygen atoms in total. The fourth-order valence-electron chi connectivity index (χ4n) is 3.78. The first-order chi connectivity index (χ1) is 15.5. The summed E-state index contributed by atoms with van der Waals surface area (Å²) < 4.78 is 25.2. The van der Waals surface area contributed by atoms with Gasteiger partial charge >= 0.3 is 0 Å². The van der Waals surface area contributed by atoms with E-state index in [2.05, 4.69) is 21.7 Å². The molecule has 1 saturated heterocycles. The highest BCUT2D eigenvalue weighted by atomic mass is 35.5. The molecule has 1 fully saturated rings. The van der Waals surface area contributed by atoms with Gasteiger partial charge in [-0.15, -0.1) is 11.3 Å². The lowest BCUT2D eigenvalue weighted by Gasteiger charge is -2.37. The van der Waals surface area contributed by atoms with E-state index in [0.29, 0.717) is 32.1 Å². The summed E-state index contributed by atoms with van der Waals surface area (Å²) in [6.07, 6.45) is 3.29. The van der Waals surface area contributed by atoms with E-state index in [1.54, 1.807) is 41.7 Å². The number of fused-ring (bicyclic) bond motifs is 1. The van der Waals surface area contributed by atoms with Gasteiger partial charge in [0.2, 0.25) is 0 Å². The van der Waals surface area contributed by atoms with Gasteiger partial charge < -0.3 is 9.80 Å². The summed E-state index contributed by atoms with van der Waals surface area (Å²) in [4.78, 5) is 26.4. The number of piperidine rings is 1. The van der Waals surface area contributed by atoms with Gasteiger partial charge in [-0.25, -0.2) is 13.8 Å². The van der Waals surface area contributed by atoms with Gasteiger partial charge in [0.1, 0.15) is 12.5 Å². The molecule has 3 aromatic rings. The van der Waals surface area contributed by atoms with Gasteiger partial charge in [0.25, 0.3) is 5.91 Å². The smallest absolute Gasteiger partial charge is 0.263 e. The molecule has 0 bridgehead atoms. The van der Waals surface area contributed by atoms with Gasteiger partial charge in [-0.2, -0.15) is 0 Å². The molecule has 1 aliphatic rings. The van der Waals surface area contributed by atoms with Crippen LogP contribution in [0, 0.1) is 11.8 Å². The Kier molecular flexibility index (Phi) is 6.87. The van der Waals surface area contributed by atoms with Crippen LogP contribution in [0.2, 0.25) is 5.02 Å². The Morgan fingerprint density at radius 1 is 1.28 bits per heavy atom. The van der Waals surface area contributed by atoms with E-state index < -0.39 is 13.3 Å². The van der Waals surface area contributed by atoms with Gasteiger partial charge in [0.05, 0.1) is 27.1 Å². The van der Waals surface area contributed by atoms with E-state index in [9.17, 15) is 13.6 Å². The number of carbonyl (C=O) groups excluding carboxylic acids is 1. The number of hydrogen-bond acceptors (Lipinski definition) is 5. The molecular weight excluding hydrogens is 454 g/mol. The van der Waals surface area contributed by atoms with Crippen molar-refractivity contribution in [3.05, 3.63) is 50.8 Å². The molecule has 1 aliphatic heterocycles. The monoisotopic (exact) mass is 474 g/mol. The number of carbonyl (C=O) groups is 1. The van der Waals surface area contributed by atoms with Crippen LogP contribution in [0.25, 0.3) is 11.0 Å². The molecule has 0 aliphatic carbocycles. The number of halogens is 3. The molecule has 0 saturated carbocycles.